The number of aromatic nitrogens is 5. The lowest BCUT2D eigenvalue weighted by Crippen LogP contribution is -2.14. The highest BCUT2D eigenvalue weighted by atomic mass is 32.2. The van der Waals surface area contributed by atoms with Crippen molar-refractivity contribution in [3.63, 3.8) is 0 Å². The van der Waals surface area contributed by atoms with Crippen LogP contribution < -0.4 is 5.32 Å². The minimum absolute atomic E-state index is 0.0697. The predicted molar refractivity (Wildman–Crippen MR) is 100 cm³/mol. The molecule has 1 amide bonds. The topological polar surface area (TPSA) is 85.1 Å². The van der Waals surface area contributed by atoms with E-state index in [-0.39, 0.29) is 5.91 Å². The molecule has 0 fully saturated rings. The molecule has 0 atom stereocenters. The number of hydrogen-bond acceptors (Lipinski definition) is 7. The molecule has 3 aromatic heterocycles. The molecule has 3 heterocycles. The van der Waals surface area contributed by atoms with E-state index in [0.717, 1.165) is 38.4 Å². The summed E-state index contributed by atoms with van der Waals surface area (Å²) >= 11 is 3.02. The molecule has 0 bridgehead atoms. The molecule has 9 heteroatoms. The third-order valence-corrected chi connectivity index (χ3v) is 5.66. The molecule has 1 N–H and O–H groups in total. The number of rotatable bonds is 6. The van der Waals surface area contributed by atoms with Crippen LogP contribution in [0.4, 0.5) is 5.13 Å². The molecule has 0 saturated heterocycles. The van der Waals surface area contributed by atoms with Gasteiger partial charge in [0.1, 0.15) is 0 Å². The van der Waals surface area contributed by atoms with Gasteiger partial charge < -0.3 is 5.32 Å². The molecule has 0 aliphatic rings. The van der Waals surface area contributed by atoms with Gasteiger partial charge in [-0.25, -0.2) is 9.50 Å². The number of hydrogen-bond donors (Lipinski definition) is 1. The van der Waals surface area contributed by atoms with E-state index in [2.05, 4.69) is 32.5 Å². The Balaban J connectivity index is 1.68. The fourth-order valence-corrected chi connectivity index (χ4v) is 4.33. The number of aryl methyl sites for hydroxylation is 3. The summed E-state index contributed by atoms with van der Waals surface area (Å²) < 4.78 is 2.71. The van der Waals surface area contributed by atoms with Crippen LogP contribution in [0.25, 0.3) is 5.65 Å². The zero-order valence-electron chi connectivity index (χ0n) is 14.7. The Bertz CT molecular complexity index is 917. The van der Waals surface area contributed by atoms with Crippen molar-refractivity contribution in [3.8, 4) is 0 Å². The number of anilines is 1. The van der Waals surface area contributed by atoms with Gasteiger partial charge in [-0.15, -0.1) is 10.2 Å². The highest BCUT2D eigenvalue weighted by Gasteiger charge is 2.14. The second kappa shape index (κ2) is 7.49. The maximum Gasteiger partial charge on any atom is 0.226 e. The molecule has 0 radical (unpaired) electrons. The summed E-state index contributed by atoms with van der Waals surface area (Å²) in [6, 6.07) is 1.96. The monoisotopic (exact) mass is 376 g/mol. The van der Waals surface area contributed by atoms with E-state index in [9.17, 15) is 4.79 Å². The van der Waals surface area contributed by atoms with Crippen LogP contribution in [0.5, 0.6) is 0 Å². The Labute approximate surface area is 154 Å². The van der Waals surface area contributed by atoms with Crippen LogP contribution in [0.15, 0.2) is 10.4 Å². The van der Waals surface area contributed by atoms with Gasteiger partial charge in [-0.1, -0.05) is 30.0 Å². The van der Waals surface area contributed by atoms with Gasteiger partial charge in [0, 0.05) is 23.9 Å². The van der Waals surface area contributed by atoms with E-state index in [1.54, 1.807) is 11.8 Å². The first-order chi connectivity index (χ1) is 12.0. The zero-order chi connectivity index (χ0) is 18.0. The molecular weight excluding hydrogens is 356 g/mol. The summed E-state index contributed by atoms with van der Waals surface area (Å²) in [5.74, 6) is 0.864. The molecule has 3 aromatic rings. The van der Waals surface area contributed by atoms with Gasteiger partial charge in [-0.3, -0.25) is 4.79 Å². The lowest BCUT2D eigenvalue weighted by molar-refractivity contribution is -0.116. The zero-order valence-corrected chi connectivity index (χ0v) is 16.3. The Morgan fingerprint density at radius 3 is 2.88 bits per heavy atom. The highest BCUT2D eigenvalue weighted by molar-refractivity contribution is 8.01. The lowest BCUT2D eigenvalue weighted by atomic mass is 10.1. The van der Waals surface area contributed by atoms with E-state index in [0.29, 0.717) is 18.0 Å². The molecule has 0 spiro atoms. The first kappa shape index (κ1) is 17.8. The summed E-state index contributed by atoms with van der Waals surface area (Å²) in [5, 5.41) is 15.9. The van der Waals surface area contributed by atoms with Crippen LogP contribution in [0.3, 0.4) is 0 Å². The van der Waals surface area contributed by atoms with Crippen LogP contribution in [-0.4, -0.2) is 36.5 Å². The van der Waals surface area contributed by atoms with E-state index in [1.165, 1.54) is 11.3 Å². The van der Waals surface area contributed by atoms with E-state index < -0.39 is 0 Å². The molecule has 7 nitrogen and oxygen atoms in total. The molecule has 0 aliphatic carbocycles. The van der Waals surface area contributed by atoms with Gasteiger partial charge >= 0.3 is 0 Å². The average Bonchev–Trinajstić information content (AvgIpc) is 3.13. The van der Waals surface area contributed by atoms with Crippen molar-refractivity contribution in [2.45, 2.75) is 44.9 Å². The third-order valence-electron chi connectivity index (χ3n) is 3.81. The number of amides is 1. The van der Waals surface area contributed by atoms with E-state index in [4.69, 9.17) is 0 Å². The van der Waals surface area contributed by atoms with Gasteiger partial charge in [0.2, 0.25) is 11.0 Å². The first-order valence-electron chi connectivity index (χ1n) is 8.06. The predicted octanol–water partition coefficient (Wildman–Crippen LogP) is 3.19. The fourth-order valence-electron chi connectivity index (χ4n) is 2.67. The second-order valence-corrected chi connectivity index (χ2v) is 8.16. The summed E-state index contributed by atoms with van der Waals surface area (Å²) in [6.07, 6.45) is 0.978. The van der Waals surface area contributed by atoms with Crippen molar-refractivity contribution >= 4 is 39.8 Å². The number of nitrogens with zero attached hydrogens (tertiary/aromatic N) is 5. The summed E-state index contributed by atoms with van der Waals surface area (Å²) in [4.78, 5) is 16.8. The number of carbonyl (C=O) groups is 1. The van der Waals surface area contributed by atoms with Crippen molar-refractivity contribution in [3.05, 3.63) is 28.7 Å². The average molecular weight is 377 g/mol. The maximum atomic E-state index is 12.2. The van der Waals surface area contributed by atoms with Crippen LogP contribution in [0.2, 0.25) is 0 Å². The van der Waals surface area contributed by atoms with Crippen molar-refractivity contribution in [1.29, 1.82) is 0 Å². The van der Waals surface area contributed by atoms with Gasteiger partial charge in [-0.05, 0) is 38.5 Å². The van der Waals surface area contributed by atoms with Crippen LogP contribution in [-0.2, 0) is 11.2 Å². The quantitative estimate of drug-likeness (QED) is 0.525. The second-order valence-electron chi connectivity index (χ2n) is 5.67. The lowest BCUT2D eigenvalue weighted by Gasteiger charge is -2.10. The van der Waals surface area contributed by atoms with Crippen molar-refractivity contribution in [2.75, 3.05) is 11.1 Å². The standard InChI is InChI=1S/C16H20N6OS2/c1-5-24-16-20-19-15(25-16)18-14(23)7-6-12-10(3)17-13-8-9(2)21-22(13)11(12)4/h8H,5-7H2,1-4H3,(H,18,19,23). The van der Waals surface area contributed by atoms with Gasteiger partial charge in [0.05, 0.1) is 5.69 Å². The van der Waals surface area contributed by atoms with Crippen LogP contribution in [0, 0.1) is 20.8 Å². The minimum Gasteiger partial charge on any atom is -0.300 e. The third kappa shape index (κ3) is 3.98. The van der Waals surface area contributed by atoms with Crippen molar-refractivity contribution < 1.29 is 4.79 Å². The van der Waals surface area contributed by atoms with Gasteiger partial charge in [0.15, 0.2) is 9.99 Å². The fraction of sp³-hybridized carbons (Fsp3) is 0.438. The molecule has 3 rings (SSSR count). The van der Waals surface area contributed by atoms with Gasteiger partial charge in [0.25, 0.3) is 0 Å². The Morgan fingerprint density at radius 1 is 1.32 bits per heavy atom. The van der Waals surface area contributed by atoms with Gasteiger partial charge in [-0.2, -0.15) is 5.10 Å². The van der Waals surface area contributed by atoms with E-state index in [1.807, 2.05) is 31.4 Å². The smallest absolute Gasteiger partial charge is 0.226 e. The summed E-state index contributed by atoms with van der Waals surface area (Å²) in [7, 11) is 0. The molecule has 0 unspecified atom stereocenters. The maximum absolute atomic E-state index is 12.2. The summed E-state index contributed by atoms with van der Waals surface area (Å²) in [6.45, 7) is 7.99. The largest absolute Gasteiger partial charge is 0.300 e. The Hall–Kier alpha value is -2.00. The molecule has 0 aliphatic heterocycles. The molecule has 0 aromatic carbocycles. The highest BCUT2D eigenvalue weighted by Crippen LogP contribution is 2.25. The van der Waals surface area contributed by atoms with Crippen LogP contribution >= 0.6 is 23.1 Å². The molecular formula is C16H20N6OS2. The van der Waals surface area contributed by atoms with E-state index >= 15 is 0 Å². The number of fused-ring (bicyclic) bond motifs is 1. The minimum atomic E-state index is -0.0697. The Kier molecular flexibility index (Phi) is 5.33. The molecule has 0 saturated carbocycles. The normalized spacial score (nSPS) is 11.2. The van der Waals surface area contributed by atoms with Crippen molar-refractivity contribution in [2.24, 2.45) is 0 Å². The SMILES string of the molecule is CCSc1nnc(NC(=O)CCc2c(C)nc3cc(C)nn3c2C)s1. The number of carbonyl (C=O) groups excluding carboxylic acids is 1. The first-order valence-corrected chi connectivity index (χ1v) is 9.86. The number of nitrogens with one attached hydrogen (secondary N) is 1. The Morgan fingerprint density at radius 2 is 2.12 bits per heavy atom. The number of thioether (sulfide) groups is 1. The van der Waals surface area contributed by atoms with Crippen molar-refractivity contribution in [1.82, 2.24) is 24.8 Å². The molecule has 132 valence electrons. The van der Waals surface area contributed by atoms with Crippen LogP contribution in [0.1, 0.15) is 36.0 Å². The molecule has 25 heavy (non-hydrogen) atoms. The summed E-state index contributed by atoms with van der Waals surface area (Å²) in [5.41, 5.74) is 4.80.